The van der Waals surface area contributed by atoms with E-state index in [1.165, 1.54) is 6.92 Å². The van der Waals surface area contributed by atoms with E-state index < -0.39 is 0 Å². The summed E-state index contributed by atoms with van der Waals surface area (Å²) in [5, 5.41) is 5.54. The number of hydrogen-bond donors (Lipinski definition) is 2. The number of benzene rings is 2. The van der Waals surface area contributed by atoms with E-state index >= 15 is 0 Å². The van der Waals surface area contributed by atoms with Crippen molar-refractivity contribution in [3.8, 4) is 0 Å². The second kappa shape index (κ2) is 6.76. The van der Waals surface area contributed by atoms with Gasteiger partial charge in [0.1, 0.15) is 0 Å². The first kappa shape index (κ1) is 16.7. The predicted octanol–water partition coefficient (Wildman–Crippen LogP) is 3.83. The lowest BCUT2D eigenvalue weighted by molar-refractivity contribution is -0.114. The van der Waals surface area contributed by atoms with Crippen molar-refractivity contribution >= 4 is 34.2 Å². The van der Waals surface area contributed by atoms with Crippen LogP contribution < -0.4 is 10.6 Å². The molecule has 6 nitrogen and oxygen atoms in total. The van der Waals surface area contributed by atoms with Crippen LogP contribution in [-0.2, 0) is 4.79 Å². The zero-order valence-electron chi connectivity index (χ0n) is 14.4. The van der Waals surface area contributed by atoms with Gasteiger partial charge in [-0.15, -0.1) is 0 Å². The van der Waals surface area contributed by atoms with Gasteiger partial charge in [0.2, 0.25) is 5.91 Å². The van der Waals surface area contributed by atoms with Crippen LogP contribution in [-0.4, -0.2) is 21.4 Å². The molecule has 0 fully saturated rings. The average Bonchev–Trinajstić information content (AvgIpc) is 2.98. The molecule has 3 aromatic rings. The van der Waals surface area contributed by atoms with Crippen LogP contribution in [0.25, 0.3) is 11.0 Å². The minimum atomic E-state index is -0.211. The Morgan fingerprint density at radius 3 is 2.32 bits per heavy atom. The van der Waals surface area contributed by atoms with Crippen molar-refractivity contribution in [1.82, 2.24) is 9.55 Å². The van der Waals surface area contributed by atoms with Gasteiger partial charge in [-0.2, -0.15) is 0 Å². The molecule has 0 radical (unpaired) electrons. The van der Waals surface area contributed by atoms with E-state index in [0.29, 0.717) is 23.0 Å². The van der Waals surface area contributed by atoms with Gasteiger partial charge in [0.25, 0.3) is 5.91 Å². The van der Waals surface area contributed by atoms with Crippen molar-refractivity contribution in [2.75, 3.05) is 10.6 Å². The van der Waals surface area contributed by atoms with E-state index in [4.69, 9.17) is 0 Å². The number of nitrogens with one attached hydrogen (secondary N) is 2. The summed E-state index contributed by atoms with van der Waals surface area (Å²) in [6.45, 7) is 5.64. The van der Waals surface area contributed by atoms with Crippen LogP contribution in [0.5, 0.6) is 0 Å². The lowest BCUT2D eigenvalue weighted by atomic mass is 10.2. The van der Waals surface area contributed by atoms with E-state index in [0.717, 1.165) is 11.0 Å². The van der Waals surface area contributed by atoms with E-state index in [2.05, 4.69) is 34.0 Å². The molecule has 25 heavy (non-hydrogen) atoms. The monoisotopic (exact) mass is 336 g/mol. The maximum atomic E-state index is 12.4. The third-order valence-corrected chi connectivity index (χ3v) is 3.86. The van der Waals surface area contributed by atoms with Crippen molar-refractivity contribution in [1.29, 1.82) is 0 Å². The van der Waals surface area contributed by atoms with Crippen molar-refractivity contribution in [2.45, 2.75) is 26.8 Å². The molecule has 0 saturated carbocycles. The highest BCUT2D eigenvalue weighted by molar-refractivity contribution is 6.05. The number of imidazole rings is 1. The summed E-state index contributed by atoms with van der Waals surface area (Å²) in [5.74, 6) is -0.358. The molecule has 2 amide bonds. The lowest BCUT2D eigenvalue weighted by Gasteiger charge is -2.09. The number of nitrogens with zero attached hydrogens (tertiary/aromatic N) is 2. The fourth-order valence-corrected chi connectivity index (χ4v) is 2.63. The van der Waals surface area contributed by atoms with Crippen molar-refractivity contribution < 1.29 is 9.59 Å². The van der Waals surface area contributed by atoms with E-state index in [1.54, 1.807) is 24.3 Å². The summed E-state index contributed by atoms with van der Waals surface area (Å²) in [6.07, 6.45) is 1.81. The number of amides is 2. The predicted molar refractivity (Wildman–Crippen MR) is 98.8 cm³/mol. The van der Waals surface area contributed by atoms with Gasteiger partial charge >= 0.3 is 0 Å². The molecule has 128 valence electrons. The van der Waals surface area contributed by atoms with Gasteiger partial charge in [0, 0.05) is 29.9 Å². The van der Waals surface area contributed by atoms with Crippen LogP contribution in [0.2, 0.25) is 0 Å². The largest absolute Gasteiger partial charge is 0.328 e. The summed E-state index contributed by atoms with van der Waals surface area (Å²) in [7, 11) is 0. The maximum absolute atomic E-state index is 12.4. The standard InChI is InChI=1S/C19H20N4O2/c1-12(2)23-11-20-17-10-16(8-9-18(17)23)22-19(25)14-4-6-15(7-5-14)21-13(3)24/h4-12H,1-3H3,(H,21,24)(H,22,25). The molecule has 2 aromatic carbocycles. The molecule has 0 bridgehead atoms. The highest BCUT2D eigenvalue weighted by Gasteiger charge is 2.09. The van der Waals surface area contributed by atoms with Crippen molar-refractivity contribution in [3.63, 3.8) is 0 Å². The molecule has 0 aliphatic heterocycles. The fourth-order valence-electron chi connectivity index (χ4n) is 2.63. The number of aromatic nitrogens is 2. The summed E-state index contributed by atoms with van der Waals surface area (Å²) >= 11 is 0. The molecule has 0 saturated heterocycles. The van der Waals surface area contributed by atoms with Crippen LogP contribution in [0.15, 0.2) is 48.8 Å². The highest BCUT2D eigenvalue weighted by Crippen LogP contribution is 2.21. The lowest BCUT2D eigenvalue weighted by Crippen LogP contribution is -2.12. The first-order chi connectivity index (χ1) is 11.9. The van der Waals surface area contributed by atoms with Gasteiger partial charge in [-0.05, 0) is 56.3 Å². The Morgan fingerprint density at radius 1 is 1.00 bits per heavy atom. The SMILES string of the molecule is CC(=O)Nc1ccc(C(=O)Nc2ccc3c(c2)ncn3C(C)C)cc1. The molecular weight excluding hydrogens is 316 g/mol. The van der Waals surface area contributed by atoms with Gasteiger partial charge in [0.15, 0.2) is 0 Å². The number of rotatable bonds is 4. The molecule has 1 aromatic heterocycles. The number of hydrogen-bond acceptors (Lipinski definition) is 3. The Bertz CT molecular complexity index is 926. The molecule has 0 aliphatic carbocycles. The third kappa shape index (κ3) is 3.68. The van der Waals surface area contributed by atoms with Gasteiger partial charge in [-0.3, -0.25) is 9.59 Å². The molecular formula is C19H20N4O2. The Balaban J connectivity index is 1.76. The van der Waals surface area contributed by atoms with E-state index in [1.807, 2.05) is 24.5 Å². The number of carbonyl (C=O) groups excluding carboxylic acids is 2. The maximum Gasteiger partial charge on any atom is 0.255 e. The topological polar surface area (TPSA) is 76.0 Å². The molecule has 3 rings (SSSR count). The molecule has 0 aliphatic rings. The molecule has 6 heteroatoms. The normalized spacial score (nSPS) is 10.9. The summed E-state index contributed by atoms with van der Waals surface area (Å²) in [6, 6.07) is 12.8. The summed E-state index contributed by atoms with van der Waals surface area (Å²) in [5.41, 5.74) is 3.74. The van der Waals surface area contributed by atoms with Gasteiger partial charge in [-0.25, -0.2) is 4.98 Å². The van der Waals surface area contributed by atoms with E-state index in [9.17, 15) is 9.59 Å². The minimum Gasteiger partial charge on any atom is -0.328 e. The molecule has 0 spiro atoms. The Hall–Kier alpha value is -3.15. The zero-order chi connectivity index (χ0) is 18.0. The third-order valence-electron chi connectivity index (χ3n) is 3.86. The Morgan fingerprint density at radius 2 is 1.68 bits per heavy atom. The Labute approximate surface area is 145 Å². The summed E-state index contributed by atoms with van der Waals surface area (Å²) < 4.78 is 2.09. The minimum absolute atomic E-state index is 0.147. The first-order valence-corrected chi connectivity index (χ1v) is 8.09. The highest BCUT2D eigenvalue weighted by atomic mass is 16.2. The number of carbonyl (C=O) groups is 2. The van der Waals surface area contributed by atoms with Gasteiger partial charge in [-0.1, -0.05) is 0 Å². The van der Waals surface area contributed by atoms with Crippen molar-refractivity contribution in [3.05, 3.63) is 54.4 Å². The average molecular weight is 336 g/mol. The second-order valence-corrected chi connectivity index (χ2v) is 6.16. The van der Waals surface area contributed by atoms with Crippen molar-refractivity contribution in [2.24, 2.45) is 0 Å². The second-order valence-electron chi connectivity index (χ2n) is 6.16. The van der Waals surface area contributed by atoms with Crippen LogP contribution in [0, 0.1) is 0 Å². The van der Waals surface area contributed by atoms with E-state index in [-0.39, 0.29) is 11.8 Å². The smallest absolute Gasteiger partial charge is 0.255 e. The van der Waals surface area contributed by atoms with Crippen LogP contribution in [0.1, 0.15) is 37.2 Å². The van der Waals surface area contributed by atoms with Crippen LogP contribution in [0.4, 0.5) is 11.4 Å². The quantitative estimate of drug-likeness (QED) is 0.760. The molecule has 1 heterocycles. The summed E-state index contributed by atoms with van der Waals surface area (Å²) in [4.78, 5) is 27.8. The first-order valence-electron chi connectivity index (χ1n) is 8.09. The molecule has 2 N–H and O–H groups in total. The van der Waals surface area contributed by atoms with Gasteiger partial charge < -0.3 is 15.2 Å². The van der Waals surface area contributed by atoms with Crippen LogP contribution in [0.3, 0.4) is 0 Å². The van der Waals surface area contributed by atoms with Gasteiger partial charge in [0.05, 0.1) is 17.4 Å². The fraction of sp³-hybridized carbons (Fsp3) is 0.211. The number of fused-ring (bicyclic) bond motifs is 1. The number of anilines is 2. The molecule has 0 atom stereocenters. The Kier molecular flexibility index (Phi) is 4.52. The van der Waals surface area contributed by atoms with Crippen LogP contribution >= 0.6 is 0 Å². The molecule has 0 unspecified atom stereocenters. The zero-order valence-corrected chi connectivity index (χ0v) is 14.4.